The molecule has 0 unspecified atom stereocenters. The molecule has 0 aliphatic carbocycles. The predicted molar refractivity (Wildman–Crippen MR) is 71.0 cm³/mol. The second kappa shape index (κ2) is 5.75. The van der Waals surface area contributed by atoms with Crippen LogP contribution in [0.4, 0.5) is 11.4 Å². The summed E-state index contributed by atoms with van der Waals surface area (Å²) in [6, 6.07) is 17.7. The lowest BCUT2D eigenvalue weighted by Crippen LogP contribution is -1.80. The summed E-state index contributed by atoms with van der Waals surface area (Å²) in [7, 11) is 0. The molecule has 17 heavy (non-hydrogen) atoms. The van der Waals surface area contributed by atoms with Gasteiger partial charge in [-0.15, -0.1) is 6.58 Å². The molecule has 0 spiro atoms. The van der Waals surface area contributed by atoms with Gasteiger partial charge in [-0.25, -0.2) is 0 Å². The van der Waals surface area contributed by atoms with Gasteiger partial charge >= 0.3 is 0 Å². The van der Waals surface area contributed by atoms with E-state index in [0.717, 1.165) is 23.4 Å². The van der Waals surface area contributed by atoms with Gasteiger partial charge in [0.05, 0.1) is 11.4 Å². The summed E-state index contributed by atoms with van der Waals surface area (Å²) in [6.45, 7) is 3.74. The lowest BCUT2D eigenvalue weighted by Gasteiger charge is -2.00. The Morgan fingerprint density at radius 2 is 1.59 bits per heavy atom. The van der Waals surface area contributed by atoms with Crippen molar-refractivity contribution in [3.63, 3.8) is 0 Å². The Kier molecular flexibility index (Phi) is 3.81. The summed E-state index contributed by atoms with van der Waals surface area (Å²) in [5.74, 6) is 0. The molecule has 2 nitrogen and oxygen atoms in total. The number of allylic oxidation sites excluding steroid dienone is 1. The van der Waals surface area contributed by atoms with Gasteiger partial charge in [0.25, 0.3) is 0 Å². The molecule has 0 radical (unpaired) electrons. The molecule has 0 atom stereocenters. The highest BCUT2D eigenvalue weighted by atomic mass is 15.1. The highest BCUT2D eigenvalue weighted by Gasteiger charge is 1.97. The largest absolute Gasteiger partial charge is 0.151 e. The zero-order valence-corrected chi connectivity index (χ0v) is 9.58. The van der Waals surface area contributed by atoms with E-state index in [1.165, 1.54) is 0 Å². The smallest absolute Gasteiger partial charge is 0.0892 e. The second-order valence-corrected chi connectivity index (χ2v) is 3.66. The first-order valence-electron chi connectivity index (χ1n) is 5.56. The Labute approximate surface area is 101 Å². The molecule has 0 amide bonds. The molecule has 0 aliphatic heterocycles. The zero-order chi connectivity index (χ0) is 11.9. The number of rotatable bonds is 4. The third kappa shape index (κ3) is 3.11. The van der Waals surface area contributed by atoms with Gasteiger partial charge in [0.2, 0.25) is 0 Å². The van der Waals surface area contributed by atoms with Crippen molar-refractivity contribution in [2.45, 2.75) is 6.42 Å². The van der Waals surface area contributed by atoms with E-state index in [1.807, 2.05) is 60.7 Å². The minimum Gasteiger partial charge on any atom is -0.151 e. The van der Waals surface area contributed by atoms with Gasteiger partial charge < -0.3 is 0 Å². The maximum Gasteiger partial charge on any atom is 0.0892 e. The Hall–Kier alpha value is -2.22. The Balaban J connectivity index is 2.24. The number of benzene rings is 2. The van der Waals surface area contributed by atoms with Crippen molar-refractivity contribution < 1.29 is 0 Å². The number of nitrogens with zero attached hydrogens (tertiary/aromatic N) is 2. The van der Waals surface area contributed by atoms with E-state index < -0.39 is 0 Å². The van der Waals surface area contributed by atoms with Crippen LogP contribution < -0.4 is 0 Å². The molecule has 0 N–H and O–H groups in total. The van der Waals surface area contributed by atoms with Crippen molar-refractivity contribution in [1.82, 2.24) is 0 Å². The van der Waals surface area contributed by atoms with Gasteiger partial charge in [-0.2, -0.15) is 10.2 Å². The molecule has 0 saturated heterocycles. The lowest BCUT2D eigenvalue weighted by molar-refractivity contribution is 1.17. The Bertz CT molecular complexity index is 515. The summed E-state index contributed by atoms with van der Waals surface area (Å²) in [5.41, 5.74) is 2.90. The van der Waals surface area contributed by atoms with Crippen molar-refractivity contribution in [3.8, 4) is 0 Å². The highest BCUT2D eigenvalue weighted by Crippen LogP contribution is 2.22. The molecule has 0 bridgehead atoms. The van der Waals surface area contributed by atoms with Crippen molar-refractivity contribution in [2.75, 3.05) is 0 Å². The molecule has 0 aliphatic rings. The normalized spacial score (nSPS) is 10.6. The van der Waals surface area contributed by atoms with Crippen LogP contribution >= 0.6 is 0 Å². The first-order valence-corrected chi connectivity index (χ1v) is 5.56. The molecule has 2 aromatic rings. The summed E-state index contributed by atoms with van der Waals surface area (Å²) in [5, 5.41) is 8.48. The fraction of sp³-hybridized carbons (Fsp3) is 0.0667. The molecule has 0 heterocycles. The first-order chi connectivity index (χ1) is 8.40. The van der Waals surface area contributed by atoms with Crippen molar-refractivity contribution in [3.05, 3.63) is 72.8 Å². The van der Waals surface area contributed by atoms with E-state index in [4.69, 9.17) is 0 Å². The van der Waals surface area contributed by atoms with Gasteiger partial charge in [-0.1, -0.05) is 42.5 Å². The van der Waals surface area contributed by atoms with Crippen molar-refractivity contribution in [1.29, 1.82) is 0 Å². The molecule has 0 fully saturated rings. The van der Waals surface area contributed by atoms with Gasteiger partial charge in [0.1, 0.15) is 0 Å². The summed E-state index contributed by atoms with van der Waals surface area (Å²) in [6.07, 6.45) is 2.68. The van der Waals surface area contributed by atoms with Crippen LogP contribution in [-0.2, 0) is 6.42 Å². The second-order valence-electron chi connectivity index (χ2n) is 3.66. The third-order valence-corrected chi connectivity index (χ3v) is 2.39. The maximum absolute atomic E-state index is 4.27. The van der Waals surface area contributed by atoms with Crippen LogP contribution in [0.25, 0.3) is 0 Å². The van der Waals surface area contributed by atoms with Gasteiger partial charge in [0.15, 0.2) is 0 Å². The van der Waals surface area contributed by atoms with Gasteiger partial charge in [-0.3, -0.25) is 0 Å². The fourth-order valence-corrected chi connectivity index (χ4v) is 1.54. The monoisotopic (exact) mass is 222 g/mol. The molecular formula is C15H14N2. The quantitative estimate of drug-likeness (QED) is 0.523. The minimum atomic E-state index is 0.810. The third-order valence-electron chi connectivity index (χ3n) is 2.39. The minimum absolute atomic E-state index is 0.810. The van der Waals surface area contributed by atoms with Crippen LogP contribution in [0.5, 0.6) is 0 Å². The summed E-state index contributed by atoms with van der Waals surface area (Å²) >= 11 is 0. The standard InChI is InChI=1S/C15H14N2/c1-2-8-13-9-6-7-12-15(13)17-16-14-10-4-3-5-11-14/h2-7,9-12H,1,8H2. The number of azo groups is 1. The van der Waals surface area contributed by atoms with E-state index in [0.29, 0.717) is 0 Å². The van der Waals surface area contributed by atoms with Crippen molar-refractivity contribution >= 4 is 11.4 Å². The SMILES string of the molecule is C=CCc1ccccc1N=Nc1ccccc1. The molecule has 2 heteroatoms. The average Bonchev–Trinajstić information content (AvgIpc) is 2.39. The number of hydrogen-bond acceptors (Lipinski definition) is 2. The van der Waals surface area contributed by atoms with Gasteiger partial charge in [-0.05, 0) is 30.2 Å². The van der Waals surface area contributed by atoms with Crippen LogP contribution in [0, 0.1) is 0 Å². The molecule has 2 rings (SSSR count). The molecule has 84 valence electrons. The van der Waals surface area contributed by atoms with Gasteiger partial charge in [0, 0.05) is 0 Å². The van der Waals surface area contributed by atoms with E-state index in [1.54, 1.807) is 0 Å². The lowest BCUT2D eigenvalue weighted by atomic mass is 10.1. The van der Waals surface area contributed by atoms with Crippen LogP contribution in [0.3, 0.4) is 0 Å². The summed E-state index contributed by atoms with van der Waals surface area (Å²) < 4.78 is 0. The van der Waals surface area contributed by atoms with E-state index in [-0.39, 0.29) is 0 Å². The van der Waals surface area contributed by atoms with Crippen LogP contribution in [0.2, 0.25) is 0 Å². The fourth-order valence-electron chi connectivity index (χ4n) is 1.54. The molecular weight excluding hydrogens is 208 g/mol. The van der Waals surface area contributed by atoms with Crippen LogP contribution in [0.1, 0.15) is 5.56 Å². The van der Waals surface area contributed by atoms with Crippen molar-refractivity contribution in [2.24, 2.45) is 10.2 Å². The van der Waals surface area contributed by atoms with E-state index >= 15 is 0 Å². The maximum atomic E-state index is 4.27. The van der Waals surface area contributed by atoms with Crippen LogP contribution in [-0.4, -0.2) is 0 Å². The van der Waals surface area contributed by atoms with E-state index in [2.05, 4.69) is 16.8 Å². The van der Waals surface area contributed by atoms with E-state index in [9.17, 15) is 0 Å². The summed E-state index contributed by atoms with van der Waals surface area (Å²) in [4.78, 5) is 0. The average molecular weight is 222 g/mol. The topological polar surface area (TPSA) is 24.7 Å². The molecule has 0 saturated carbocycles. The Morgan fingerprint density at radius 3 is 2.35 bits per heavy atom. The van der Waals surface area contributed by atoms with Crippen LogP contribution in [0.15, 0.2) is 77.5 Å². The zero-order valence-electron chi connectivity index (χ0n) is 9.58. The number of hydrogen-bond donors (Lipinski definition) is 0. The Morgan fingerprint density at radius 1 is 0.882 bits per heavy atom. The predicted octanol–water partition coefficient (Wildman–Crippen LogP) is 4.83. The molecule has 2 aromatic carbocycles. The highest BCUT2D eigenvalue weighted by molar-refractivity contribution is 5.47. The molecule has 0 aromatic heterocycles. The first kappa shape index (κ1) is 11.3.